The van der Waals surface area contributed by atoms with Crippen LogP contribution >= 0.6 is 15.9 Å². The number of carbonyl (C=O) groups excluding carboxylic acids is 2. The first-order chi connectivity index (χ1) is 14.5. The Kier molecular flexibility index (Phi) is 5.40. The molecule has 0 radical (unpaired) electrons. The number of pyridine rings is 1. The first-order valence-electron chi connectivity index (χ1n) is 8.91. The Morgan fingerprint density at radius 3 is 2.60 bits per heavy atom. The van der Waals surface area contributed by atoms with Gasteiger partial charge in [-0.05, 0) is 36.4 Å². The quantitative estimate of drug-likeness (QED) is 0.452. The van der Waals surface area contributed by atoms with Crippen molar-refractivity contribution in [1.82, 2.24) is 10.1 Å². The Morgan fingerprint density at radius 1 is 1.03 bits per heavy atom. The van der Waals surface area contributed by atoms with Gasteiger partial charge in [-0.3, -0.25) is 19.9 Å². The van der Waals surface area contributed by atoms with E-state index in [9.17, 15) is 9.59 Å². The highest BCUT2D eigenvalue weighted by atomic mass is 79.9. The summed E-state index contributed by atoms with van der Waals surface area (Å²) in [4.78, 5) is 28.9. The Balaban J connectivity index is 1.85. The summed E-state index contributed by atoms with van der Waals surface area (Å²) >= 11 is 3.35. The minimum Gasteiger partial charge on any atom is -0.366 e. The van der Waals surface area contributed by atoms with Crippen LogP contribution in [0.4, 0.5) is 5.88 Å². The summed E-state index contributed by atoms with van der Waals surface area (Å²) in [6.45, 7) is 0. The molecule has 3 N–H and O–H groups in total. The smallest absolute Gasteiger partial charge is 0.258 e. The van der Waals surface area contributed by atoms with E-state index in [0.29, 0.717) is 27.9 Å². The van der Waals surface area contributed by atoms with Gasteiger partial charge in [-0.25, -0.2) is 0 Å². The molecule has 0 unspecified atom stereocenters. The minimum absolute atomic E-state index is 0.104. The summed E-state index contributed by atoms with van der Waals surface area (Å²) in [6, 6.07) is 17.3. The molecular formula is C22H15BrN4O3. The number of nitrogens with one attached hydrogen (secondary N) is 1. The third kappa shape index (κ3) is 3.85. The second-order valence-electron chi connectivity index (χ2n) is 6.35. The summed E-state index contributed by atoms with van der Waals surface area (Å²) in [5.74, 6) is -0.885. The molecule has 7 nitrogen and oxygen atoms in total. The van der Waals surface area contributed by atoms with Crippen molar-refractivity contribution in [2.75, 3.05) is 5.32 Å². The fraction of sp³-hybridized carbons (Fsp3) is 0. The van der Waals surface area contributed by atoms with E-state index < -0.39 is 5.91 Å². The van der Waals surface area contributed by atoms with Gasteiger partial charge in [-0.15, -0.1) is 0 Å². The van der Waals surface area contributed by atoms with Gasteiger partial charge in [-0.2, -0.15) is 0 Å². The van der Waals surface area contributed by atoms with E-state index in [2.05, 4.69) is 31.4 Å². The molecule has 8 heteroatoms. The molecule has 2 heterocycles. The number of primary amides is 1. The van der Waals surface area contributed by atoms with E-state index >= 15 is 0 Å². The average Bonchev–Trinajstić information content (AvgIpc) is 3.17. The van der Waals surface area contributed by atoms with Crippen LogP contribution in [0.2, 0.25) is 0 Å². The lowest BCUT2D eigenvalue weighted by Crippen LogP contribution is -2.14. The predicted molar refractivity (Wildman–Crippen MR) is 116 cm³/mol. The fourth-order valence-corrected chi connectivity index (χ4v) is 3.45. The highest BCUT2D eigenvalue weighted by Gasteiger charge is 2.24. The molecule has 4 aromatic rings. The molecule has 4 rings (SSSR count). The van der Waals surface area contributed by atoms with Crippen molar-refractivity contribution in [3.05, 3.63) is 88.7 Å². The largest absolute Gasteiger partial charge is 0.366 e. The normalized spacial score (nSPS) is 10.6. The van der Waals surface area contributed by atoms with Crippen LogP contribution in [0.1, 0.15) is 20.7 Å². The molecule has 0 aliphatic carbocycles. The number of amides is 2. The van der Waals surface area contributed by atoms with Gasteiger partial charge >= 0.3 is 0 Å². The third-order valence-electron chi connectivity index (χ3n) is 4.40. The molecule has 0 saturated carbocycles. The Bertz CT molecular complexity index is 1240. The van der Waals surface area contributed by atoms with Crippen molar-refractivity contribution in [3.63, 3.8) is 0 Å². The monoisotopic (exact) mass is 462 g/mol. The van der Waals surface area contributed by atoms with Crippen molar-refractivity contribution in [1.29, 1.82) is 0 Å². The van der Waals surface area contributed by atoms with Crippen molar-refractivity contribution < 1.29 is 14.1 Å². The van der Waals surface area contributed by atoms with Crippen molar-refractivity contribution >= 4 is 33.6 Å². The number of nitrogens with two attached hydrogens (primary N) is 1. The van der Waals surface area contributed by atoms with Crippen LogP contribution < -0.4 is 11.1 Å². The zero-order valence-electron chi connectivity index (χ0n) is 15.5. The molecule has 2 aromatic carbocycles. The SMILES string of the molecule is NC(=O)c1ccccc1-c1c(-c2cccnc2)noc1NC(=O)c1cccc(Br)c1. The number of rotatable bonds is 5. The number of hydrogen-bond acceptors (Lipinski definition) is 5. The Hall–Kier alpha value is -3.78. The minimum atomic E-state index is -0.604. The number of carbonyl (C=O) groups is 2. The third-order valence-corrected chi connectivity index (χ3v) is 4.90. The summed E-state index contributed by atoms with van der Waals surface area (Å²) < 4.78 is 6.25. The van der Waals surface area contributed by atoms with E-state index in [1.165, 1.54) is 0 Å². The zero-order valence-corrected chi connectivity index (χ0v) is 17.1. The molecule has 30 heavy (non-hydrogen) atoms. The van der Waals surface area contributed by atoms with Crippen LogP contribution in [-0.4, -0.2) is 22.0 Å². The first kappa shape index (κ1) is 19.5. The van der Waals surface area contributed by atoms with Gasteiger partial charge in [0.1, 0.15) is 5.69 Å². The van der Waals surface area contributed by atoms with Gasteiger partial charge in [0.05, 0.1) is 5.56 Å². The number of halogens is 1. The molecule has 0 bridgehead atoms. The maximum atomic E-state index is 12.8. The summed E-state index contributed by atoms with van der Waals surface area (Å²) in [5, 5.41) is 6.88. The van der Waals surface area contributed by atoms with Gasteiger partial charge in [0.15, 0.2) is 0 Å². The number of aromatic nitrogens is 2. The van der Waals surface area contributed by atoms with Gasteiger partial charge in [0.2, 0.25) is 11.8 Å². The van der Waals surface area contributed by atoms with E-state index in [1.807, 2.05) is 6.07 Å². The lowest BCUT2D eigenvalue weighted by molar-refractivity contribution is 0.0998. The number of benzene rings is 2. The van der Waals surface area contributed by atoms with Crippen LogP contribution in [0.3, 0.4) is 0 Å². The lowest BCUT2D eigenvalue weighted by Gasteiger charge is -2.09. The molecule has 0 spiro atoms. The van der Waals surface area contributed by atoms with Gasteiger partial charge in [0.25, 0.3) is 5.91 Å². The fourth-order valence-electron chi connectivity index (χ4n) is 3.05. The maximum Gasteiger partial charge on any atom is 0.258 e. The number of nitrogens with zero attached hydrogens (tertiary/aromatic N) is 2. The lowest BCUT2D eigenvalue weighted by atomic mass is 9.96. The van der Waals surface area contributed by atoms with Crippen LogP contribution in [0.15, 0.2) is 82.1 Å². The Morgan fingerprint density at radius 2 is 1.87 bits per heavy atom. The molecule has 2 amide bonds. The molecule has 0 aliphatic rings. The van der Waals surface area contributed by atoms with Crippen LogP contribution in [0.25, 0.3) is 22.4 Å². The van der Waals surface area contributed by atoms with Gasteiger partial charge in [0, 0.05) is 39.1 Å². The highest BCUT2D eigenvalue weighted by molar-refractivity contribution is 9.10. The topological polar surface area (TPSA) is 111 Å². The first-order valence-corrected chi connectivity index (χ1v) is 9.70. The molecular weight excluding hydrogens is 448 g/mol. The van der Waals surface area contributed by atoms with Gasteiger partial charge < -0.3 is 10.3 Å². The highest BCUT2D eigenvalue weighted by Crippen LogP contribution is 2.39. The van der Waals surface area contributed by atoms with Crippen LogP contribution in [0, 0.1) is 0 Å². The Labute approximate surface area is 180 Å². The average molecular weight is 463 g/mol. The predicted octanol–water partition coefficient (Wildman–Crippen LogP) is 4.52. The van der Waals surface area contributed by atoms with E-state index in [4.69, 9.17) is 10.3 Å². The molecule has 2 aromatic heterocycles. The number of anilines is 1. The van der Waals surface area contributed by atoms with Crippen LogP contribution in [-0.2, 0) is 0 Å². The van der Waals surface area contributed by atoms with Crippen LogP contribution in [0.5, 0.6) is 0 Å². The molecule has 0 fully saturated rings. The maximum absolute atomic E-state index is 12.8. The second kappa shape index (κ2) is 8.30. The number of hydrogen-bond donors (Lipinski definition) is 2. The van der Waals surface area contributed by atoms with Crippen molar-refractivity contribution in [3.8, 4) is 22.4 Å². The standard InChI is InChI=1S/C22H15BrN4O3/c23-15-7-3-5-13(11-15)21(29)26-22-18(16-8-1-2-9-17(16)20(24)28)19(27-30-22)14-6-4-10-25-12-14/h1-12H,(H2,24,28)(H,26,29). The molecule has 0 aliphatic heterocycles. The summed E-state index contributed by atoms with van der Waals surface area (Å²) in [5.41, 5.74) is 8.32. The van der Waals surface area contributed by atoms with Crippen molar-refractivity contribution in [2.24, 2.45) is 5.73 Å². The second-order valence-corrected chi connectivity index (χ2v) is 7.27. The van der Waals surface area contributed by atoms with Crippen molar-refractivity contribution in [2.45, 2.75) is 0 Å². The van der Waals surface area contributed by atoms with E-state index in [0.717, 1.165) is 4.47 Å². The molecule has 148 valence electrons. The van der Waals surface area contributed by atoms with Gasteiger partial charge in [-0.1, -0.05) is 45.4 Å². The summed E-state index contributed by atoms with van der Waals surface area (Å²) in [6.07, 6.45) is 3.25. The summed E-state index contributed by atoms with van der Waals surface area (Å²) in [7, 11) is 0. The zero-order chi connectivity index (χ0) is 21.1. The van der Waals surface area contributed by atoms with E-state index in [-0.39, 0.29) is 17.4 Å². The molecule has 0 atom stereocenters. The molecule has 0 saturated heterocycles. The van der Waals surface area contributed by atoms with E-state index in [1.54, 1.807) is 67.0 Å².